The van der Waals surface area contributed by atoms with Gasteiger partial charge in [0.2, 0.25) is 9.84 Å². The van der Waals surface area contributed by atoms with E-state index >= 15 is 0 Å². The van der Waals surface area contributed by atoms with Crippen LogP contribution in [0, 0.1) is 6.92 Å². The minimum Gasteiger partial charge on any atom is -0.497 e. The zero-order valence-corrected chi connectivity index (χ0v) is 20.5. The molecular formula is C27H24N4O3S. The van der Waals surface area contributed by atoms with Gasteiger partial charge >= 0.3 is 0 Å². The second-order valence-electron chi connectivity index (χ2n) is 8.38. The Morgan fingerprint density at radius 1 is 0.943 bits per heavy atom. The molecule has 0 unspecified atom stereocenters. The first-order valence-electron chi connectivity index (χ1n) is 11.1. The zero-order chi connectivity index (χ0) is 24.6. The Kier molecular flexibility index (Phi) is 5.82. The molecule has 0 fully saturated rings. The Bertz CT molecular complexity index is 1530. The molecule has 0 saturated carbocycles. The SMILES string of the molecule is COc1ccc2c(c1)C(c1ccc(C)cc1)=Nc1c(N(C)Cc3ccccc3)ncnc1S2(=O)=O. The van der Waals surface area contributed by atoms with E-state index < -0.39 is 9.84 Å². The summed E-state index contributed by atoms with van der Waals surface area (Å²) in [6, 6.07) is 22.6. The van der Waals surface area contributed by atoms with Crippen molar-refractivity contribution in [2.45, 2.75) is 23.4 Å². The van der Waals surface area contributed by atoms with E-state index in [4.69, 9.17) is 9.73 Å². The van der Waals surface area contributed by atoms with Crippen LogP contribution in [0.25, 0.3) is 0 Å². The van der Waals surface area contributed by atoms with Gasteiger partial charge in [0.15, 0.2) is 10.8 Å². The number of benzene rings is 3. The Labute approximate surface area is 204 Å². The summed E-state index contributed by atoms with van der Waals surface area (Å²) < 4.78 is 33.1. The van der Waals surface area contributed by atoms with Crippen molar-refractivity contribution in [1.29, 1.82) is 0 Å². The van der Waals surface area contributed by atoms with Gasteiger partial charge in [0.1, 0.15) is 17.8 Å². The molecule has 5 rings (SSSR count). The highest BCUT2D eigenvalue weighted by Gasteiger charge is 2.34. The van der Waals surface area contributed by atoms with Gasteiger partial charge in [-0.25, -0.2) is 23.4 Å². The predicted octanol–water partition coefficient (Wildman–Crippen LogP) is 4.75. The summed E-state index contributed by atoms with van der Waals surface area (Å²) in [7, 11) is -0.575. The first-order chi connectivity index (χ1) is 16.9. The van der Waals surface area contributed by atoms with E-state index in [0.29, 0.717) is 29.4 Å². The van der Waals surface area contributed by atoms with Gasteiger partial charge in [0.05, 0.1) is 17.7 Å². The summed E-state index contributed by atoms with van der Waals surface area (Å²) >= 11 is 0. The van der Waals surface area contributed by atoms with Crippen LogP contribution in [0.15, 0.2) is 94.0 Å². The number of hydrogen-bond acceptors (Lipinski definition) is 7. The van der Waals surface area contributed by atoms with Gasteiger partial charge < -0.3 is 9.64 Å². The van der Waals surface area contributed by atoms with Crippen LogP contribution in [-0.4, -0.2) is 38.3 Å². The van der Waals surface area contributed by atoms with Crippen molar-refractivity contribution < 1.29 is 13.2 Å². The van der Waals surface area contributed by atoms with Crippen LogP contribution >= 0.6 is 0 Å². The predicted molar refractivity (Wildman–Crippen MR) is 136 cm³/mol. The van der Waals surface area contributed by atoms with Gasteiger partial charge in [0, 0.05) is 24.7 Å². The van der Waals surface area contributed by atoms with Crippen LogP contribution in [0.4, 0.5) is 11.5 Å². The average Bonchev–Trinajstić information content (AvgIpc) is 2.97. The van der Waals surface area contributed by atoms with Crippen molar-refractivity contribution in [3.63, 3.8) is 0 Å². The highest BCUT2D eigenvalue weighted by atomic mass is 32.2. The van der Waals surface area contributed by atoms with Gasteiger partial charge in [-0.2, -0.15) is 0 Å². The van der Waals surface area contributed by atoms with Crippen LogP contribution in [-0.2, 0) is 16.4 Å². The molecule has 1 aliphatic heterocycles. The van der Waals surface area contributed by atoms with E-state index in [0.717, 1.165) is 16.7 Å². The van der Waals surface area contributed by atoms with E-state index in [9.17, 15) is 8.42 Å². The fraction of sp³-hybridized carbons (Fsp3) is 0.148. The quantitative estimate of drug-likeness (QED) is 0.335. The lowest BCUT2D eigenvalue weighted by Crippen LogP contribution is -2.19. The molecule has 4 aromatic rings. The fourth-order valence-corrected chi connectivity index (χ4v) is 5.60. The average molecular weight is 485 g/mol. The Hall–Kier alpha value is -4.04. The molecule has 7 nitrogen and oxygen atoms in total. The van der Waals surface area contributed by atoms with Crippen LogP contribution in [0.3, 0.4) is 0 Å². The Balaban J connectivity index is 1.77. The van der Waals surface area contributed by atoms with Crippen molar-refractivity contribution in [2.75, 3.05) is 19.1 Å². The zero-order valence-electron chi connectivity index (χ0n) is 19.6. The molecule has 0 atom stereocenters. The molecule has 35 heavy (non-hydrogen) atoms. The summed E-state index contributed by atoms with van der Waals surface area (Å²) in [5.74, 6) is 0.976. The molecule has 1 aromatic heterocycles. The number of aromatic nitrogens is 2. The third-order valence-corrected chi connectivity index (χ3v) is 7.67. The number of rotatable bonds is 5. The number of aliphatic imine (C=N–C) groups is 1. The van der Waals surface area contributed by atoms with Gasteiger partial charge in [0.25, 0.3) is 0 Å². The molecule has 0 saturated heterocycles. The van der Waals surface area contributed by atoms with Gasteiger partial charge in [-0.05, 0) is 30.7 Å². The molecule has 0 amide bonds. The van der Waals surface area contributed by atoms with E-state index in [1.165, 1.54) is 6.33 Å². The third kappa shape index (κ3) is 4.17. The number of sulfone groups is 1. The lowest BCUT2D eigenvalue weighted by atomic mass is 10.0. The number of hydrogen-bond donors (Lipinski definition) is 0. The second-order valence-corrected chi connectivity index (χ2v) is 10.2. The van der Waals surface area contributed by atoms with Crippen LogP contribution in [0.5, 0.6) is 5.75 Å². The number of methoxy groups -OCH3 is 1. The van der Waals surface area contributed by atoms with Crippen molar-refractivity contribution in [1.82, 2.24) is 9.97 Å². The lowest BCUT2D eigenvalue weighted by Gasteiger charge is -2.20. The molecule has 1 aliphatic rings. The number of nitrogens with zero attached hydrogens (tertiary/aromatic N) is 4. The summed E-state index contributed by atoms with van der Waals surface area (Å²) in [4.78, 5) is 15.6. The highest BCUT2D eigenvalue weighted by molar-refractivity contribution is 7.91. The van der Waals surface area contributed by atoms with E-state index in [-0.39, 0.29) is 15.6 Å². The minimum absolute atomic E-state index is 0.115. The summed E-state index contributed by atoms with van der Waals surface area (Å²) in [6.07, 6.45) is 1.28. The van der Waals surface area contributed by atoms with Crippen molar-refractivity contribution in [3.8, 4) is 5.75 Å². The monoisotopic (exact) mass is 484 g/mol. The van der Waals surface area contributed by atoms with E-state index in [1.807, 2.05) is 73.5 Å². The van der Waals surface area contributed by atoms with Crippen LogP contribution in [0.2, 0.25) is 0 Å². The van der Waals surface area contributed by atoms with E-state index in [1.54, 1.807) is 25.3 Å². The third-order valence-electron chi connectivity index (χ3n) is 5.93. The van der Waals surface area contributed by atoms with Crippen molar-refractivity contribution >= 4 is 27.1 Å². The standard InChI is InChI=1S/C27H24N4O3S/c1-18-9-11-20(12-10-18)24-22-15-21(34-3)13-14-23(22)35(32,33)27-25(30-24)26(28-17-29-27)31(2)16-19-7-5-4-6-8-19/h4-15,17H,16H2,1-3H3. The molecule has 176 valence electrons. The number of fused-ring (bicyclic) bond motifs is 2. The Morgan fingerprint density at radius 2 is 1.69 bits per heavy atom. The summed E-state index contributed by atoms with van der Waals surface area (Å²) in [6.45, 7) is 2.53. The number of anilines is 1. The Morgan fingerprint density at radius 3 is 2.40 bits per heavy atom. The summed E-state index contributed by atoms with van der Waals surface area (Å²) in [5.41, 5.74) is 4.14. The molecule has 8 heteroatoms. The number of ether oxygens (including phenoxy) is 1. The molecule has 0 radical (unpaired) electrons. The first-order valence-corrected chi connectivity index (χ1v) is 12.6. The van der Waals surface area contributed by atoms with Crippen LogP contribution in [0.1, 0.15) is 22.3 Å². The van der Waals surface area contributed by atoms with Gasteiger partial charge in [-0.15, -0.1) is 0 Å². The molecular weight excluding hydrogens is 460 g/mol. The topological polar surface area (TPSA) is 84.8 Å². The molecule has 0 spiro atoms. The molecule has 0 aliphatic carbocycles. The molecule has 2 heterocycles. The fourth-order valence-electron chi connectivity index (χ4n) is 4.12. The maximum atomic E-state index is 13.9. The lowest BCUT2D eigenvalue weighted by molar-refractivity contribution is 0.414. The van der Waals surface area contributed by atoms with Crippen LogP contribution < -0.4 is 9.64 Å². The van der Waals surface area contributed by atoms with Crippen molar-refractivity contribution in [3.05, 3.63) is 101 Å². The maximum Gasteiger partial charge on any atom is 0.226 e. The second kappa shape index (κ2) is 8.96. The van der Waals surface area contributed by atoms with Gasteiger partial charge in [-0.3, -0.25) is 0 Å². The van der Waals surface area contributed by atoms with Gasteiger partial charge in [-0.1, -0.05) is 60.2 Å². The first kappa shape index (κ1) is 22.7. The van der Waals surface area contributed by atoms with E-state index in [2.05, 4.69) is 9.97 Å². The van der Waals surface area contributed by atoms with Crippen molar-refractivity contribution in [2.24, 2.45) is 4.99 Å². The highest BCUT2D eigenvalue weighted by Crippen LogP contribution is 2.41. The molecule has 3 aromatic carbocycles. The normalized spacial score (nSPS) is 13.7. The molecule has 0 N–H and O–H groups in total. The number of aryl methyl sites for hydroxylation is 1. The summed E-state index contributed by atoms with van der Waals surface area (Å²) in [5, 5.41) is -0.115. The smallest absolute Gasteiger partial charge is 0.226 e. The largest absolute Gasteiger partial charge is 0.497 e. The molecule has 0 bridgehead atoms. The maximum absolute atomic E-state index is 13.9. The minimum atomic E-state index is -3.99.